The van der Waals surface area contributed by atoms with Crippen molar-refractivity contribution in [2.24, 2.45) is 0 Å². The van der Waals surface area contributed by atoms with Crippen LogP contribution >= 0.6 is 11.8 Å². The molecule has 0 saturated carbocycles. The zero-order valence-electron chi connectivity index (χ0n) is 22.8. The van der Waals surface area contributed by atoms with Gasteiger partial charge in [0.15, 0.2) is 23.5 Å². The minimum absolute atomic E-state index is 0.000595. The molecule has 2 unspecified atom stereocenters. The number of hydroxylamine groups is 1. The molecule has 2 amide bonds. The van der Waals surface area contributed by atoms with E-state index in [4.69, 9.17) is 0 Å². The summed E-state index contributed by atoms with van der Waals surface area (Å²) >= 11 is 1.28. The van der Waals surface area contributed by atoms with E-state index in [-0.39, 0.29) is 23.6 Å². The highest BCUT2D eigenvalue weighted by molar-refractivity contribution is 8.02. The molecule has 0 saturated heterocycles. The number of urea groups is 1. The normalized spacial score (nSPS) is 18.9. The van der Waals surface area contributed by atoms with Gasteiger partial charge in [-0.1, -0.05) is 0 Å². The smallest absolute Gasteiger partial charge is 0.433 e. The predicted molar refractivity (Wildman–Crippen MR) is 146 cm³/mol. The number of nitrogens with zero attached hydrogens (tertiary/aromatic N) is 5. The Morgan fingerprint density at radius 2 is 2.10 bits per heavy atom. The molecule has 4 N–H and O–H groups in total. The first-order chi connectivity index (χ1) is 19.1. The minimum atomic E-state index is -4.55. The molecule has 2 aromatic rings. The maximum Gasteiger partial charge on any atom is 0.433 e. The Kier molecular flexibility index (Phi) is 8.09. The summed E-state index contributed by atoms with van der Waals surface area (Å²) < 4.78 is 41.3. The van der Waals surface area contributed by atoms with E-state index in [2.05, 4.69) is 25.9 Å². The number of aryl methyl sites for hydroxylation is 1. The molecule has 2 aromatic heterocycles. The number of allylic oxidation sites excluding steroid dienone is 1. The van der Waals surface area contributed by atoms with Crippen LogP contribution in [0.2, 0.25) is 0 Å². The van der Waals surface area contributed by atoms with Gasteiger partial charge >= 0.3 is 12.2 Å². The highest BCUT2D eigenvalue weighted by Gasteiger charge is 2.37. The standard InChI is InChI=1S/C25H29F3N8O4S/c1-13-6-16(8-29-20(13)25(26,27)28)22-32-19(11-41-22)33-24(4,39)15(3)35-12-31-21(18(35)10-37)34(5)23(38)30-9-17-7-14(2)36(17)40/h6-8,10-12,15,22,32-33,39H,9H2,1-5H3,(H,30,38)/t15-,22?,24?/m0/s1. The second-order valence-corrected chi connectivity index (χ2v) is 10.8. The lowest BCUT2D eigenvalue weighted by molar-refractivity contribution is -0.414. The van der Waals surface area contributed by atoms with Gasteiger partial charge in [-0.05, 0) is 32.4 Å². The second-order valence-electron chi connectivity index (χ2n) is 9.84. The molecule has 41 heavy (non-hydrogen) atoms. The van der Waals surface area contributed by atoms with E-state index < -0.39 is 35.0 Å². The number of thioether (sulfide) groups is 1. The van der Waals surface area contributed by atoms with Crippen LogP contribution in [0.15, 0.2) is 41.6 Å². The van der Waals surface area contributed by atoms with Crippen molar-refractivity contribution in [1.29, 1.82) is 0 Å². The molecule has 0 fully saturated rings. The molecule has 220 valence electrons. The zero-order valence-corrected chi connectivity index (χ0v) is 23.6. The summed E-state index contributed by atoms with van der Waals surface area (Å²) in [6.45, 7) is 6.10. The minimum Gasteiger partial charge on any atom is -0.618 e. The molecular weight excluding hydrogens is 565 g/mol. The summed E-state index contributed by atoms with van der Waals surface area (Å²) in [5, 5.41) is 32.8. The van der Waals surface area contributed by atoms with Gasteiger partial charge in [0, 0.05) is 31.1 Å². The largest absolute Gasteiger partial charge is 0.618 e. The maximum atomic E-state index is 13.1. The number of nitrogens with one attached hydrogen (secondary N) is 3. The van der Waals surface area contributed by atoms with Crippen LogP contribution < -0.4 is 20.9 Å². The predicted octanol–water partition coefficient (Wildman–Crippen LogP) is 3.13. The number of hydrogen-bond donors (Lipinski definition) is 4. The first-order valence-electron chi connectivity index (χ1n) is 12.4. The Bertz CT molecular complexity index is 1470. The molecule has 4 heterocycles. The zero-order chi connectivity index (χ0) is 30.3. The van der Waals surface area contributed by atoms with E-state index in [0.717, 1.165) is 11.1 Å². The summed E-state index contributed by atoms with van der Waals surface area (Å²) in [4.78, 5) is 33.6. The first kappa shape index (κ1) is 29.9. The van der Waals surface area contributed by atoms with Gasteiger partial charge in [0.1, 0.15) is 29.1 Å². The van der Waals surface area contributed by atoms with E-state index in [1.807, 2.05) is 0 Å². The monoisotopic (exact) mass is 594 g/mol. The molecule has 0 spiro atoms. The van der Waals surface area contributed by atoms with E-state index >= 15 is 0 Å². The number of alkyl halides is 3. The number of anilines is 1. The number of aromatic nitrogens is 3. The molecule has 0 aliphatic carbocycles. The summed E-state index contributed by atoms with van der Waals surface area (Å²) in [7, 11) is 1.42. The Morgan fingerprint density at radius 3 is 2.68 bits per heavy atom. The van der Waals surface area contributed by atoms with Gasteiger partial charge in [0.25, 0.3) is 0 Å². The number of hydrogen-bond acceptors (Lipinski definition) is 9. The fourth-order valence-electron chi connectivity index (χ4n) is 4.32. The van der Waals surface area contributed by atoms with E-state index in [9.17, 15) is 33.1 Å². The first-order valence-corrected chi connectivity index (χ1v) is 13.3. The number of rotatable bonds is 9. The number of halogens is 3. The lowest BCUT2D eigenvalue weighted by Crippen LogP contribution is -2.50. The highest BCUT2D eigenvalue weighted by Crippen LogP contribution is 2.37. The average molecular weight is 595 g/mol. The van der Waals surface area contributed by atoms with Crippen LogP contribution in [-0.2, 0) is 6.18 Å². The van der Waals surface area contributed by atoms with Gasteiger partial charge in [-0.3, -0.25) is 14.7 Å². The maximum absolute atomic E-state index is 13.1. The van der Waals surface area contributed by atoms with Crippen LogP contribution in [-0.4, -0.2) is 61.7 Å². The molecule has 0 radical (unpaired) electrons. The number of amides is 2. The lowest BCUT2D eigenvalue weighted by Gasteiger charge is -2.34. The molecule has 0 aromatic carbocycles. The lowest BCUT2D eigenvalue weighted by atomic mass is 10.1. The van der Waals surface area contributed by atoms with Gasteiger partial charge in [-0.25, -0.2) is 9.78 Å². The van der Waals surface area contributed by atoms with Gasteiger partial charge in [0.05, 0.1) is 18.4 Å². The summed E-state index contributed by atoms with van der Waals surface area (Å²) in [5.41, 5.74) is -1.13. The third kappa shape index (κ3) is 6.02. The topological polar surface area (TPSA) is 150 Å². The number of aldehydes is 1. The van der Waals surface area contributed by atoms with E-state index in [1.165, 1.54) is 49.6 Å². The van der Waals surface area contributed by atoms with Crippen molar-refractivity contribution in [2.75, 3.05) is 18.5 Å². The van der Waals surface area contributed by atoms with Crippen LogP contribution in [0.1, 0.15) is 59.5 Å². The van der Waals surface area contributed by atoms with Crippen molar-refractivity contribution in [2.45, 2.75) is 51.0 Å². The van der Waals surface area contributed by atoms with E-state index in [1.54, 1.807) is 25.3 Å². The Labute approximate surface area is 237 Å². The van der Waals surface area contributed by atoms with Gasteiger partial charge in [0.2, 0.25) is 5.70 Å². The molecule has 2 aliphatic heterocycles. The fraction of sp³-hybridized carbons (Fsp3) is 0.400. The quantitative estimate of drug-likeness (QED) is 0.149. The average Bonchev–Trinajstić information content (AvgIpc) is 3.55. The Morgan fingerprint density at radius 1 is 1.39 bits per heavy atom. The number of pyridine rings is 1. The van der Waals surface area contributed by atoms with Crippen molar-refractivity contribution in [3.8, 4) is 0 Å². The van der Waals surface area contributed by atoms with Crippen molar-refractivity contribution >= 4 is 35.6 Å². The molecule has 3 atom stereocenters. The van der Waals surface area contributed by atoms with Crippen molar-refractivity contribution in [1.82, 2.24) is 30.5 Å². The van der Waals surface area contributed by atoms with Crippen molar-refractivity contribution in [3.63, 3.8) is 0 Å². The summed E-state index contributed by atoms with van der Waals surface area (Å²) in [6.07, 6.45) is 0.0976. The molecule has 16 heteroatoms. The second kappa shape index (κ2) is 11.1. The SMILES string of the molecule is CC1=[N+]([O-])C(CNC(=O)N(C)c2ncn([C@@H](C)C(C)(O)NC3=CSC(c4cnc(C(F)(F)F)c(C)c4)N3)c2C=O)=C1. The van der Waals surface area contributed by atoms with Crippen LogP contribution in [0.3, 0.4) is 0 Å². The highest BCUT2D eigenvalue weighted by atomic mass is 32.2. The van der Waals surface area contributed by atoms with E-state index in [0.29, 0.717) is 33.8 Å². The number of carbonyl (C=O) groups excluding carboxylic acids is 2. The molecule has 4 rings (SSSR count). The van der Waals surface area contributed by atoms with Crippen LogP contribution in [0.25, 0.3) is 0 Å². The Balaban J connectivity index is 1.41. The van der Waals surface area contributed by atoms with Gasteiger partial charge < -0.3 is 30.8 Å². The Hall–Kier alpha value is -4.05. The summed E-state index contributed by atoms with van der Waals surface area (Å²) in [6, 6.07) is 0.0360. The molecule has 0 bridgehead atoms. The third-order valence-electron chi connectivity index (χ3n) is 6.82. The van der Waals surface area contributed by atoms with Crippen LogP contribution in [0, 0.1) is 12.1 Å². The number of imidazole rings is 1. The van der Waals surface area contributed by atoms with Crippen molar-refractivity contribution in [3.05, 3.63) is 69.3 Å². The summed E-state index contributed by atoms with van der Waals surface area (Å²) in [5.74, 6) is 0.451. The van der Waals surface area contributed by atoms with Gasteiger partial charge in [-0.2, -0.15) is 17.9 Å². The van der Waals surface area contributed by atoms with Crippen LogP contribution in [0.4, 0.5) is 23.8 Å². The molecule has 2 aliphatic rings. The van der Waals surface area contributed by atoms with Crippen LogP contribution in [0.5, 0.6) is 0 Å². The number of aliphatic hydroxyl groups is 1. The third-order valence-corrected chi connectivity index (χ3v) is 7.85. The molecule has 12 nitrogen and oxygen atoms in total. The fourth-order valence-corrected chi connectivity index (χ4v) is 5.20. The number of carbonyl (C=O) groups is 2. The molecular formula is C25H29F3N8O4S. The van der Waals surface area contributed by atoms with Crippen molar-refractivity contribution < 1.29 is 32.6 Å². The van der Waals surface area contributed by atoms with Gasteiger partial charge in [-0.15, -0.1) is 11.8 Å².